The van der Waals surface area contributed by atoms with Gasteiger partial charge in [-0.3, -0.25) is 4.79 Å². The molecule has 2 aromatic heterocycles. The summed E-state index contributed by atoms with van der Waals surface area (Å²) in [5.41, 5.74) is 17.1. The Labute approximate surface area is 185 Å². The summed E-state index contributed by atoms with van der Waals surface area (Å²) in [4.78, 5) is 25.1. The first-order valence-electron chi connectivity index (χ1n) is 10.1. The molecule has 1 aromatic carbocycles. The monoisotopic (exact) mass is 437 g/mol. The van der Waals surface area contributed by atoms with Crippen LogP contribution in [0.5, 0.6) is 0 Å². The number of carbonyl (C=O) groups excluding carboxylic acids is 1. The average Bonchev–Trinajstić information content (AvgIpc) is 3.11. The lowest BCUT2D eigenvalue weighted by Crippen LogP contribution is -2.27. The van der Waals surface area contributed by atoms with Gasteiger partial charge in [0, 0.05) is 6.54 Å². The van der Waals surface area contributed by atoms with Crippen LogP contribution in [0.2, 0.25) is 5.15 Å². The van der Waals surface area contributed by atoms with Gasteiger partial charge >= 0.3 is 0 Å². The van der Waals surface area contributed by atoms with E-state index < -0.39 is 5.91 Å². The van der Waals surface area contributed by atoms with Crippen LogP contribution in [0.3, 0.4) is 0 Å². The van der Waals surface area contributed by atoms with Crippen LogP contribution >= 0.6 is 11.6 Å². The van der Waals surface area contributed by atoms with Gasteiger partial charge in [-0.1, -0.05) is 35.4 Å². The fraction of sp³-hybridized carbons (Fsp3) is 0.273. The third-order valence-electron chi connectivity index (χ3n) is 5.40. The Morgan fingerprint density at radius 1 is 1.16 bits per heavy atom. The second-order valence-corrected chi connectivity index (χ2v) is 7.85. The Kier molecular flexibility index (Phi) is 5.65. The highest BCUT2D eigenvalue weighted by Crippen LogP contribution is 2.29. The molecule has 0 atom stereocenters. The van der Waals surface area contributed by atoms with E-state index >= 15 is 0 Å². The highest BCUT2D eigenvalue weighted by Gasteiger charge is 2.18. The Morgan fingerprint density at radius 3 is 2.68 bits per heavy atom. The number of aromatic nitrogens is 4. The molecule has 160 valence electrons. The number of aryl methyl sites for hydroxylation is 1. The van der Waals surface area contributed by atoms with Gasteiger partial charge < -0.3 is 21.4 Å². The average molecular weight is 438 g/mol. The lowest BCUT2D eigenvalue weighted by Gasteiger charge is -2.13. The van der Waals surface area contributed by atoms with E-state index in [1.165, 1.54) is 16.7 Å². The number of nitrogens with two attached hydrogens (primary N) is 2. The van der Waals surface area contributed by atoms with Crippen LogP contribution in [-0.4, -0.2) is 25.4 Å². The normalized spacial score (nSPS) is 13.8. The molecule has 0 radical (unpaired) electrons. The predicted octanol–water partition coefficient (Wildman–Crippen LogP) is 3.72. The smallest absolute Gasteiger partial charge is 0.274 e. The lowest BCUT2D eigenvalue weighted by atomic mass is 9.94. The molecule has 8 nitrogen and oxygen atoms in total. The first kappa shape index (κ1) is 20.9. The SMILES string of the molecule is CCn1c(CNC(=O)c2nc(Cl)c(N)nc2N)nc2ccc(C3=CC=C(C)CC3)cc21. The van der Waals surface area contributed by atoms with Crippen LogP contribution in [0.1, 0.15) is 48.6 Å². The van der Waals surface area contributed by atoms with Gasteiger partial charge in [0.1, 0.15) is 5.82 Å². The zero-order chi connectivity index (χ0) is 22.1. The van der Waals surface area contributed by atoms with E-state index in [4.69, 9.17) is 28.1 Å². The summed E-state index contributed by atoms with van der Waals surface area (Å²) in [5, 5.41) is 2.74. The van der Waals surface area contributed by atoms with Crippen LogP contribution in [0.4, 0.5) is 11.6 Å². The molecule has 3 aromatic rings. The molecule has 0 saturated carbocycles. The molecule has 0 saturated heterocycles. The molecule has 0 spiro atoms. The Morgan fingerprint density at radius 2 is 1.97 bits per heavy atom. The van der Waals surface area contributed by atoms with Gasteiger partial charge in [0.2, 0.25) is 0 Å². The van der Waals surface area contributed by atoms with E-state index in [0.717, 1.165) is 36.2 Å². The van der Waals surface area contributed by atoms with Crippen molar-refractivity contribution in [3.8, 4) is 0 Å². The summed E-state index contributed by atoms with van der Waals surface area (Å²) in [6, 6.07) is 6.29. The number of nitrogen functional groups attached to an aromatic ring is 2. The van der Waals surface area contributed by atoms with Crippen molar-refractivity contribution >= 4 is 45.8 Å². The third-order valence-corrected chi connectivity index (χ3v) is 5.68. The number of amides is 1. The quantitative estimate of drug-likeness (QED) is 0.558. The van der Waals surface area contributed by atoms with Crippen molar-refractivity contribution < 1.29 is 4.79 Å². The molecule has 4 rings (SSSR count). The molecule has 1 aliphatic rings. The number of nitrogens with one attached hydrogen (secondary N) is 1. The zero-order valence-electron chi connectivity index (χ0n) is 17.4. The van der Waals surface area contributed by atoms with Gasteiger partial charge in [-0.2, -0.15) is 0 Å². The Hall–Kier alpha value is -3.39. The number of benzene rings is 1. The number of hydrogen-bond acceptors (Lipinski definition) is 6. The standard InChI is InChI=1S/C22H24ClN7O/c1-3-30-16-10-14(13-6-4-12(2)5-7-13)8-9-15(16)27-17(30)11-26-22(31)18-20(24)29-21(25)19(23)28-18/h4,6,8-10H,3,5,7,11H2,1-2H3,(H,26,31)(H4,24,25,29). The maximum absolute atomic E-state index is 12.6. The maximum Gasteiger partial charge on any atom is 0.274 e. The van der Waals surface area contributed by atoms with E-state index in [1.54, 1.807) is 0 Å². The van der Waals surface area contributed by atoms with Gasteiger partial charge in [0.05, 0.1) is 17.6 Å². The zero-order valence-corrected chi connectivity index (χ0v) is 18.2. The summed E-state index contributed by atoms with van der Waals surface area (Å²) in [5.74, 6) is 0.164. The van der Waals surface area contributed by atoms with Gasteiger partial charge in [-0.25, -0.2) is 15.0 Å². The van der Waals surface area contributed by atoms with Crippen molar-refractivity contribution in [3.05, 3.63) is 58.2 Å². The number of nitrogens with zero attached hydrogens (tertiary/aromatic N) is 4. The topological polar surface area (TPSA) is 125 Å². The number of halogens is 1. The first-order chi connectivity index (χ1) is 14.9. The van der Waals surface area contributed by atoms with E-state index in [0.29, 0.717) is 0 Å². The number of imidazole rings is 1. The fourth-order valence-electron chi connectivity index (χ4n) is 3.69. The highest BCUT2D eigenvalue weighted by molar-refractivity contribution is 6.31. The number of carbonyl (C=O) groups is 1. The molecular formula is C22H24ClN7O. The molecular weight excluding hydrogens is 414 g/mol. The van der Waals surface area contributed by atoms with Crippen molar-refractivity contribution in [2.45, 2.75) is 39.8 Å². The lowest BCUT2D eigenvalue weighted by molar-refractivity contribution is 0.0945. The largest absolute Gasteiger partial charge is 0.382 e. The van der Waals surface area contributed by atoms with Crippen LogP contribution in [0.15, 0.2) is 35.9 Å². The minimum Gasteiger partial charge on any atom is -0.382 e. The van der Waals surface area contributed by atoms with Crippen molar-refractivity contribution in [2.75, 3.05) is 11.5 Å². The summed E-state index contributed by atoms with van der Waals surface area (Å²) in [6.07, 6.45) is 6.48. The number of fused-ring (bicyclic) bond motifs is 1. The summed E-state index contributed by atoms with van der Waals surface area (Å²) in [6.45, 7) is 5.14. The van der Waals surface area contributed by atoms with E-state index in [2.05, 4.69) is 51.1 Å². The molecule has 0 aliphatic heterocycles. The summed E-state index contributed by atoms with van der Waals surface area (Å²) < 4.78 is 2.09. The van der Waals surface area contributed by atoms with E-state index in [1.807, 2.05) is 13.0 Å². The van der Waals surface area contributed by atoms with Gasteiger partial charge in [0.25, 0.3) is 5.91 Å². The fourth-order valence-corrected chi connectivity index (χ4v) is 3.82. The number of rotatable bonds is 5. The van der Waals surface area contributed by atoms with Crippen LogP contribution < -0.4 is 16.8 Å². The number of allylic oxidation sites excluding steroid dienone is 4. The third kappa shape index (κ3) is 4.11. The first-order valence-corrected chi connectivity index (χ1v) is 10.5. The minimum atomic E-state index is -0.489. The maximum atomic E-state index is 12.6. The summed E-state index contributed by atoms with van der Waals surface area (Å²) >= 11 is 5.88. The Balaban J connectivity index is 1.60. The molecule has 2 heterocycles. The van der Waals surface area contributed by atoms with Crippen LogP contribution in [0, 0.1) is 0 Å². The van der Waals surface area contributed by atoms with Crippen molar-refractivity contribution in [1.29, 1.82) is 0 Å². The highest BCUT2D eigenvalue weighted by atomic mass is 35.5. The van der Waals surface area contributed by atoms with Crippen LogP contribution in [-0.2, 0) is 13.1 Å². The minimum absolute atomic E-state index is 0.0157. The predicted molar refractivity (Wildman–Crippen MR) is 123 cm³/mol. The number of anilines is 2. The second kappa shape index (κ2) is 8.39. The molecule has 0 bridgehead atoms. The molecule has 0 fully saturated rings. The van der Waals surface area contributed by atoms with Crippen molar-refractivity contribution in [2.24, 2.45) is 0 Å². The van der Waals surface area contributed by atoms with E-state index in [-0.39, 0.29) is 29.0 Å². The van der Waals surface area contributed by atoms with Gasteiger partial charge in [-0.15, -0.1) is 0 Å². The second-order valence-electron chi connectivity index (χ2n) is 7.50. The molecule has 9 heteroatoms. The Bertz CT molecular complexity index is 1240. The van der Waals surface area contributed by atoms with Crippen molar-refractivity contribution in [3.63, 3.8) is 0 Å². The van der Waals surface area contributed by atoms with Gasteiger partial charge in [0.15, 0.2) is 22.5 Å². The number of hydrogen-bond donors (Lipinski definition) is 3. The molecule has 1 aliphatic carbocycles. The summed E-state index contributed by atoms with van der Waals surface area (Å²) in [7, 11) is 0. The van der Waals surface area contributed by atoms with Crippen LogP contribution in [0.25, 0.3) is 16.6 Å². The molecule has 5 N–H and O–H groups in total. The molecule has 0 unspecified atom stereocenters. The molecule has 31 heavy (non-hydrogen) atoms. The molecule has 1 amide bonds. The van der Waals surface area contributed by atoms with Gasteiger partial charge in [-0.05, 0) is 50.0 Å². The van der Waals surface area contributed by atoms with Crippen molar-refractivity contribution in [1.82, 2.24) is 24.8 Å². The van der Waals surface area contributed by atoms with E-state index in [9.17, 15) is 4.79 Å².